The molecule has 29 heavy (non-hydrogen) atoms. The van der Waals surface area contributed by atoms with E-state index in [0.29, 0.717) is 29.8 Å². The Bertz CT molecular complexity index is 985. The molecular weight excluding hydrogens is 366 g/mol. The van der Waals surface area contributed by atoms with Crippen LogP contribution in [-0.4, -0.2) is 65.6 Å². The summed E-state index contributed by atoms with van der Waals surface area (Å²) in [6.45, 7) is 6.10. The van der Waals surface area contributed by atoms with Gasteiger partial charge in [-0.15, -0.1) is 0 Å². The van der Waals surface area contributed by atoms with Crippen molar-refractivity contribution in [3.63, 3.8) is 0 Å². The number of hydrogen-bond donors (Lipinski definition) is 0. The molecular formula is C23H25N3O3. The van der Waals surface area contributed by atoms with Crippen LogP contribution in [0.2, 0.25) is 0 Å². The quantitative estimate of drug-likeness (QED) is 0.755. The molecule has 0 aliphatic carbocycles. The van der Waals surface area contributed by atoms with Crippen LogP contribution in [0.5, 0.6) is 0 Å². The van der Waals surface area contributed by atoms with Crippen molar-refractivity contribution in [2.75, 3.05) is 33.2 Å². The van der Waals surface area contributed by atoms with Gasteiger partial charge in [-0.05, 0) is 42.7 Å². The van der Waals surface area contributed by atoms with E-state index in [0.717, 1.165) is 31.0 Å². The van der Waals surface area contributed by atoms with Crippen molar-refractivity contribution in [2.45, 2.75) is 19.9 Å². The van der Waals surface area contributed by atoms with Gasteiger partial charge in [0.25, 0.3) is 17.7 Å². The predicted octanol–water partition coefficient (Wildman–Crippen LogP) is 2.57. The summed E-state index contributed by atoms with van der Waals surface area (Å²) in [5.41, 5.74) is 3.76. The minimum atomic E-state index is -0.347. The molecule has 6 nitrogen and oxygen atoms in total. The van der Waals surface area contributed by atoms with Crippen LogP contribution in [0.25, 0.3) is 0 Å². The molecule has 1 saturated heterocycles. The second-order valence-corrected chi connectivity index (χ2v) is 7.78. The lowest BCUT2D eigenvalue weighted by Gasteiger charge is -2.23. The average Bonchev–Trinajstić information content (AvgIpc) is 2.89. The Morgan fingerprint density at radius 1 is 0.931 bits per heavy atom. The van der Waals surface area contributed by atoms with Crippen LogP contribution in [0.15, 0.2) is 42.5 Å². The topological polar surface area (TPSA) is 60.9 Å². The third-order valence-corrected chi connectivity index (χ3v) is 5.87. The summed E-state index contributed by atoms with van der Waals surface area (Å²) in [5.74, 6) is -0.745. The Morgan fingerprint density at radius 2 is 1.69 bits per heavy atom. The van der Waals surface area contributed by atoms with Gasteiger partial charge >= 0.3 is 0 Å². The highest BCUT2D eigenvalue weighted by Crippen LogP contribution is 2.23. The molecule has 2 heterocycles. The fourth-order valence-electron chi connectivity index (χ4n) is 4.04. The van der Waals surface area contributed by atoms with Crippen LogP contribution in [0, 0.1) is 6.92 Å². The van der Waals surface area contributed by atoms with Crippen molar-refractivity contribution in [3.05, 3.63) is 70.3 Å². The second kappa shape index (κ2) is 7.79. The summed E-state index contributed by atoms with van der Waals surface area (Å²) in [7, 11) is 1.46. The van der Waals surface area contributed by atoms with Crippen LogP contribution in [0.1, 0.15) is 48.6 Å². The maximum absolute atomic E-state index is 13.0. The number of hydrogen-bond acceptors (Lipinski definition) is 4. The molecule has 1 fully saturated rings. The van der Waals surface area contributed by atoms with Crippen molar-refractivity contribution < 1.29 is 14.4 Å². The monoisotopic (exact) mass is 391 g/mol. The van der Waals surface area contributed by atoms with Crippen LogP contribution < -0.4 is 0 Å². The molecule has 0 spiro atoms. The third-order valence-electron chi connectivity index (χ3n) is 5.87. The second-order valence-electron chi connectivity index (χ2n) is 7.78. The van der Waals surface area contributed by atoms with Gasteiger partial charge in [-0.2, -0.15) is 0 Å². The van der Waals surface area contributed by atoms with Gasteiger partial charge in [0.15, 0.2) is 0 Å². The van der Waals surface area contributed by atoms with Crippen LogP contribution in [0.4, 0.5) is 0 Å². The number of benzene rings is 2. The molecule has 0 atom stereocenters. The number of carbonyl (C=O) groups excluding carboxylic acids is 3. The standard InChI is InChI=1S/C23H25N3O3/c1-16-6-3-4-7-18(16)15-25-10-5-11-26(13-12-25)21(27)17-8-9-19-20(14-17)23(29)24(2)22(19)28/h3-4,6-9,14H,5,10-13,15H2,1-2H3. The molecule has 0 aromatic heterocycles. The minimum Gasteiger partial charge on any atom is -0.337 e. The number of carbonyl (C=O) groups is 3. The molecule has 150 valence electrons. The van der Waals surface area contributed by atoms with Gasteiger partial charge in [0.2, 0.25) is 0 Å². The van der Waals surface area contributed by atoms with Gasteiger partial charge in [0, 0.05) is 45.3 Å². The zero-order valence-corrected chi connectivity index (χ0v) is 16.9. The van der Waals surface area contributed by atoms with Crippen molar-refractivity contribution in [3.8, 4) is 0 Å². The maximum Gasteiger partial charge on any atom is 0.261 e. The smallest absolute Gasteiger partial charge is 0.261 e. The van der Waals surface area contributed by atoms with Crippen LogP contribution in [-0.2, 0) is 6.54 Å². The first-order chi connectivity index (χ1) is 14.0. The molecule has 2 aromatic carbocycles. The predicted molar refractivity (Wildman–Crippen MR) is 110 cm³/mol. The van der Waals surface area contributed by atoms with Gasteiger partial charge in [0.1, 0.15) is 0 Å². The summed E-state index contributed by atoms with van der Waals surface area (Å²) in [4.78, 5) is 42.6. The Morgan fingerprint density at radius 3 is 2.48 bits per heavy atom. The van der Waals surface area contributed by atoms with Gasteiger partial charge in [-0.25, -0.2) is 0 Å². The van der Waals surface area contributed by atoms with E-state index in [4.69, 9.17) is 0 Å². The van der Waals surface area contributed by atoms with Crippen LogP contribution in [0.3, 0.4) is 0 Å². The maximum atomic E-state index is 13.0. The molecule has 3 amide bonds. The van der Waals surface area contributed by atoms with Crippen molar-refractivity contribution in [1.82, 2.24) is 14.7 Å². The molecule has 0 saturated carbocycles. The lowest BCUT2D eigenvalue weighted by Crippen LogP contribution is -2.35. The molecule has 0 unspecified atom stereocenters. The first kappa shape index (κ1) is 19.3. The number of fused-ring (bicyclic) bond motifs is 1. The SMILES string of the molecule is Cc1ccccc1CN1CCCN(C(=O)c2ccc3c(c2)C(=O)N(C)C3=O)CC1. The molecule has 2 aliphatic rings. The molecule has 4 rings (SSSR count). The highest BCUT2D eigenvalue weighted by molar-refractivity contribution is 6.21. The molecule has 6 heteroatoms. The summed E-state index contributed by atoms with van der Waals surface area (Å²) < 4.78 is 0. The average molecular weight is 391 g/mol. The lowest BCUT2D eigenvalue weighted by atomic mass is 10.0. The summed E-state index contributed by atoms with van der Waals surface area (Å²) in [5, 5.41) is 0. The Kier molecular flexibility index (Phi) is 5.20. The molecule has 2 aromatic rings. The number of nitrogens with zero attached hydrogens (tertiary/aromatic N) is 3. The van der Waals surface area contributed by atoms with Gasteiger partial charge < -0.3 is 4.90 Å². The zero-order chi connectivity index (χ0) is 20.5. The fourth-order valence-corrected chi connectivity index (χ4v) is 4.04. The first-order valence-corrected chi connectivity index (χ1v) is 9.98. The van der Waals surface area contributed by atoms with Gasteiger partial charge in [-0.3, -0.25) is 24.2 Å². The van der Waals surface area contributed by atoms with E-state index in [1.807, 2.05) is 11.0 Å². The summed E-state index contributed by atoms with van der Waals surface area (Å²) in [6.07, 6.45) is 0.905. The van der Waals surface area contributed by atoms with E-state index in [1.54, 1.807) is 18.2 Å². The molecule has 0 radical (unpaired) electrons. The molecule has 0 bridgehead atoms. The lowest BCUT2D eigenvalue weighted by molar-refractivity contribution is 0.0692. The Labute approximate surface area is 170 Å². The Balaban J connectivity index is 1.45. The zero-order valence-electron chi connectivity index (χ0n) is 16.9. The number of rotatable bonds is 3. The molecule has 2 aliphatic heterocycles. The number of amides is 3. The van der Waals surface area contributed by atoms with E-state index >= 15 is 0 Å². The minimum absolute atomic E-state index is 0.0830. The molecule has 0 N–H and O–H groups in total. The van der Waals surface area contributed by atoms with E-state index in [9.17, 15) is 14.4 Å². The van der Waals surface area contributed by atoms with Crippen molar-refractivity contribution in [1.29, 1.82) is 0 Å². The summed E-state index contributed by atoms with van der Waals surface area (Å²) >= 11 is 0. The largest absolute Gasteiger partial charge is 0.337 e. The van der Waals surface area contributed by atoms with Crippen molar-refractivity contribution in [2.24, 2.45) is 0 Å². The van der Waals surface area contributed by atoms with E-state index in [2.05, 4.69) is 30.0 Å². The fraction of sp³-hybridized carbons (Fsp3) is 0.348. The number of aryl methyl sites for hydroxylation is 1. The van der Waals surface area contributed by atoms with Crippen molar-refractivity contribution >= 4 is 17.7 Å². The van der Waals surface area contributed by atoms with Crippen LogP contribution >= 0.6 is 0 Å². The number of imide groups is 1. The van der Waals surface area contributed by atoms with Gasteiger partial charge in [-0.1, -0.05) is 24.3 Å². The highest BCUT2D eigenvalue weighted by Gasteiger charge is 2.33. The first-order valence-electron chi connectivity index (χ1n) is 9.98. The van der Waals surface area contributed by atoms with E-state index in [1.165, 1.54) is 18.2 Å². The van der Waals surface area contributed by atoms with E-state index < -0.39 is 0 Å². The van der Waals surface area contributed by atoms with E-state index in [-0.39, 0.29) is 17.7 Å². The van der Waals surface area contributed by atoms with Gasteiger partial charge in [0.05, 0.1) is 11.1 Å². The summed E-state index contributed by atoms with van der Waals surface area (Å²) in [6, 6.07) is 13.2. The highest BCUT2D eigenvalue weighted by atomic mass is 16.2. The third kappa shape index (κ3) is 3.68. The normalized spacial score (nSPS) is 17.4. The Hall–Kier alpha value is -2.99.